The number of nitrogens with one attached hydrogen (secondary N) is 1. The number of hydrogen-bond acceptors (Lipinski definition) is 3. The fourth-order valence-electron chi connectivity index (χ4n) is 3.47. The van der Waals surface area contributed by atoms with E-state index >= 15 is 0 Å². The standard InChI is InChI=1S/C22H29N3O2/c1-3-27-17-20-10-7-11-21(14-20)23-22(26)25-13-12-24(15-18(25)2)16-19-8-5-4-6-9-19/h4-11,14,18H,3,12-13,15-17H2,1-2H3,(H,23,26). The minimum Gasteiger partial charge on any atom is -0.377 e. The number of nitrogens with zero attached hydrogens (tertiary/aromatic N) is 2. The van der Waals surface area contributed by atoms with Gasteiger partial charge in [0, 0.05) is 44.5 Å². The molecule has 3 rings (SSSR count). The maximum atomic E-state index is 12.7. The van der Waals surface area contributed by atoms with E-state index in [1.54, 1.807) is 0 Å². The number of hydrogen-bond donors (Lipinski definition) is 1. The third-order valence-electron chi connectivity index (χ3n) is 4.87. The molecular formula is C22H29N3O2. The Kier molecular flexibility index (Phi) is 6.85. The van der Waals surface area contributed by atoms with Gasteiger partial charge in [0.15, 0.2) is 0 Å². The minimum atomic E-state index is -0.0320. The van der Waals surface area contributed by atoms with E-state index in [9.17, 15) is 4.79 Å². The van der Waals surface area contributed by atoms with Crippen LogP contribution in [0.5, 0.6) is 0 Å². The number of ether oxygens (including phenoxy) is 1. The van der Waals surface area contributed by atoms with Crippen molar-refractivity contribution in [2.75, 3.05) is 31.6 Å². The van der Waals surface area contributed by atoms with Crippen LogP contribution in [0.4, 0.5) is 10.5 Å². The summed E-state index contributed by atoms with van der Waals surface area (Å²) < 4.78 is 5.44. The number of amides is 2. The first-order valence-electron chi connectivity index (χ1n) is 9.66. The van der Waals surface area contributed by atoms with Crippen LogP contribution in [0.1, 0.15) is 25.0 Å². The molecule has 0 bridgehead atoms. The Bertz CT molecular complexity index is 735. The summed E-state index contributed by atoms with van der Waals surface area (Å²) in [5, 5.41) is 3.04. The van der Waals surface area contributed by atoms with Gasteiger partial charge in [0.25, 0.3) is 0 Å². The third-order valence-corrected chi connectivity index (χ3v) is 4.87. The molecule has 2 aromatic carbocycles. The maximum Gasteiger partial charge on any atom is 0.322 e. The SMILES string of the molecule is CCOCc1cccc(NC(=O)N2CCN(Cc3ccccc3)CC2C)c1. The molecule has 27 heavy (non-hydrogen) atoms. The summed E-state index contributed by atoms with van der Waals surface area (Å²) in [6.45, 7) is 8.77. The van der Waals surface area contributed by atoms with E-state index < -0.39 is 0 Å². The summed E-state index contributed by atoms with van der Waals surface area (Å²) in [6, 6.07) is 18.5. The molecule has 5 nitrogen and oxygen atoms in total. The lowest BCUT2D eigenvalue weighted by Gasteiger charge is -2.39. The highest BCUT2D eigenvalue weighted by Crippen LogP contribution is 2.16. The van der Waals surface area contributed by atoms with Crippen molar-refractivity contribution in [2.45, 2.75) is 33.0 Å². The number of piperazine rings is 1. The molecule has 0 aromatic heterocycles. The van der Waals surface area contributed by atoms with Crippen molar-refractivity contribution in [3.63, 3.8) is 0 Å². The fraction of sp³-hybridized carbons (Fsp3) is 0.409. The van der Waals surface area contributed by atoms with E-state index in [0.717, 1.165) is 37.4 Å². The lowest BCUT2D eigenvalue weighted by atomic mass is 10.1. The predicted molar refractivity (Wildman–Crippen MR) is 109 cm³/mol. The van der Waals surface area contributed by atoms with Gasteiger partial charge in [-0.05, 0) is 37.1 Å². The number of carbonyl (C=O) groups is 1. The zero-order valence-corrected chi connectivity index (χ0v) is 16.2. The number of benzene rings is 2. The Hall–Kier alpha value is -2.37. The quantitative estimate of drug-likeness (QED) is 0.840. The van der Waals surface area contributed by atoms with E-state index in [4.69, 9.17) is 4.74 Å². The second-order valence-electron chi connectivity index (χ2n) is 7.03. The van der Waals surface area contributed by atoms with Gasteiger partial charge in [0.05, 0.1) is 6.61 Å². The highest BCUT2D eigenvalue weighted by molar-refractivity contribution is 5.89. The van der Waals surface area contributed by atoms with Crippen LogP contribution in [0.2, 0.25) is 0 Å². The molecule has 2 aromatic rings. The summed E-state index contributed by atoms with van der Waals surface area (Å²) in [7, 11) is 0. The summed E-state index contributed by atoms with van der Waals surface area (Å²) in [6.07, 6.45) is 0. The van der Waals surface area contributed by atoms with Crippen LogP contribution in [-0.4, -0.2) is 48.1 Å². The first kappa shape index (κ1) is 19.4. The van der Waals surface area contributed by atoms with Crippen molar-refractivity contribution in [3.05, 3.63) is 65.7 Å². The fourth-order valence-corrected chi connectivity index (χ4v) is 3.47. The monoisotopic (exact) mass is 367 g/mol. The Morgan fingerprint density at radius 2 is 1.89 bits per heavy atom. The van der Waals surface area contributed by atoms with Gasteiger partial charge in [-0.1, -0.05) is 42.5 Å². The van der Waals surface area contributed by atoms with Gasteiger partial charge in [-0.2, -0.15) is 0 Å². The van der Waals surface area contributed by atoms with Gasteiger partial charge in [0.1, 0.15) is 0 Å². The zero-order chi connectivity index (χ0) is 19.1. The Morgan fingerprint density at radius 1 is 1.11 bits per heavy atom. The normalized spacial score (nSPS) is 17.7. The zero-order valence-electron chi connectivity index (χ0n) is 16.2. The van der Waals surface area contributed by atoms with Gasteiger partial charge in [-0.25, -0.2) is 4.79 Å². The predicted octanol–water partition coefficient (Wildman–Crippen LogP) is 3.96. The maximum absolute atomic E-state index is 12.7. The van der Waals surface area contributed by atoms with Crippen LogP contribution >= 0.6 is 0 Å². The van der Waals surface area contributed by atoms with Crippen LogP contribution in [0, 0.1) is 0 Å². The molecule has 1 atom stereocenters. The van der Waals surface area contributed by atoms with Gasteiger partial charge in [-0.3, -0.25) is 4.90 Å². The molecule has 0 spiro atoms. The summed E-state index contributed by atoms with van der Waals surface area (Å²) >= 11 is 0. The van der Waals surface area contributed by atoms with Gasteiger partial charge in [-0.15, -0.1) is 0 Å². The highest BCUT2D eigenvalue weighted by Gasteiger charge is 2.27. The Morgan fingerprint density at radius 3 is 2.63 bits per heavy atom. The smallest absolute Gasteiger partial charge is 0.322 e. The van der Waals surface area contributed by atoms with Crippen molar-refractivity contribution >= 4 is 11.7 Å². The first-order chi connectivity index (χ1) is 13.2. The Balaban J connectivity index is 1.54. The van der Waals surface area contributed by atoms with Crippen LogP contribution in [0.3, 0.4) is 0 Å². The van der Waals surface area contributed by atoms with Crippen LogP contribution in [-0.2, 0) is 17.9 Å². The Labute approximate surface area is 161 Å². The van der Waals surface area contributed by atoms with Crippen molar-refractivity contribution in [3.8, 4) is 0 Å². The van der Waals surface area contributed by atoms with Crippen molar-refractivity contribution in [1.29, 1.82) is 0 Å². The lowest BCUT2D eigenvalue weighted by Crippen LogP contribution is -2.54. The topological polar surface area (TPSA) is 44.8 Å². The molecule has 0 saturated carbocycles. The van der Waals surface area contributed by atoms with Crippen LogP contribution < -0.4 is 5.32 Å². The van der Waals surface area contributed by atoms with Crippen LogP contribution in [0.15, 0.2) is 54.6 Å². The molecule has 2 amide bonds. The van der Waals surface area contributed by atoms with Crippen molar-refractivity contribution < 1.29 is 9.53 Å². The average Bonchev–Trinajstić information content (AvgIpc) is 2.67. The average molecular weight is 367 g/mol. The van der Waals surface area contributed by atoms with Gasteiger partial charge < -0.3 is 15.0 Å². The van der Waals surface area contributed by atoms with Crippen molar-refractivity contribution in [2.24, 2.45) is 0 Å². The molecule has 144 valence electrons. The molecule has 1 fully saturated rings. The molecule has 1 aliphatic heterocycles. The van der Waals surface area contributed by atoms with E-state index in [-0.39, 0.29) is 12.1 Å². The number of carbonyl (C=O) groups excluding carboxylic acids is 1. The first-order valence-corrected chi connectivity index (χ1v) is 9.66. The molecule has 1 unspecified atom stereocenters. The lowest BCUT2D eigenvalue weighted by molar-refractivity contribution is 0.104. The highest BCUT2D eigenvalue weighted by atomic mass is 16.5. The largest absolute Gasteiger partial charge is 0.377 e. The molecule has 1 aliphatic rings. The second-order valence-corrected chi connectivity index (χ2v) is 7.03. The van der Waals surface area contributed by atoms with Crippen molar-refractivity contribution in [1.82, 2.24) is 9.80 Å². The summed E-state index contributed by atoms with van der Waals surface area (Å²) in [5.41, 5.74) is 3.19. The van der Waals surface area contributed by atoms with E-state index in [0.29, 0.717) is 13.2 Å². The molecule has 1 heterocycles. The van der Waals surface area contributed by atoms with Gasteiger partial charge in [0.2, 0.25) is 0 Å². The minimum absolute atomic E-state index is 0.0320. The molecule has 1 N–H and O–H groups in total. The number of anilines is 1. The molecule has 0 radical (unpaired) electrons. The summed E-state index contributed by atoms with van der Waals surface area (Å²) in [4.78, 5) is 17.1. The van der Waals surface area contributed by atoms with E-state index in [1.807, 2.05) is 42.2 Å². The molecule has 5 heteroatoms. The van der Waals surface area contributed by atoms with E-state index in [2.05, 4.69) is 41.4 Å². The molecule has 0 aliphatic carbocycles. The number of urea groups is 1. The summed E-state index contributed by atoms with van der Waals surface area (Å²) in [5.74, 6) is 0. The van der Waals surface area contributed by atoms with Gasteiger partial charge >= 0.3 is 6.03 Å². The second kappa shape index (κ2) is 9.53. The molecular weight excluding hydrogens is 338 g/mol. The number of rotatable bonds is 6. The van der Waals surface area contributed by atoms with E-state index in [1.165, 1.54) is 5.56 Å². The molecule has 1 saturated heterocycles. The van der Waals surface area contributed by atoms with Crippen LogP contribution in [0.25, 0.3) is 0 Å². The third kappa shape index (κ3) is 5.55.